The van der Waals surface area contributed by atoms with E-state index in [1.807, 2.05) is 37.4 Å². The van der Waals surface area contributed by atoms with Gasteiger partial charge in [-0.1, -0.05) is 30.3 Å². The highest BCUT2D eigenvalue weighted by atomic mass is 19.1. The molecule has 14 heavy (non-hydrogen) atoms. The lowest BCUT2D eigenvalue weighted by Crippen LogP contribution is -2.54. The first-order valence-corrected chi connectivity index (χ1v) is 4.90. The molecule has 0 amide bonds. The van der Waals surface area contributed by atoms with Crippen molar-refractivity contribution in [1.82, 2.24) is 10.2 Å². The third-order valence-corrected chi connectivity index (χ3v) is 2.80. The molecule has 76 valence electrons. The molecule has 0 aromatic heterocycles. The van der Waals surface area contributed by atoms with Crippen molar-refractivity contribution in [2.45, 2.75) is 5.79 Å². The first-order valence-electron chi connectivity index (χ1n) is 4.90. The van der Waals surface area contributed by atoms with Crippen LogP contribution in [-0.4, -0.2) is 31.6 Å². The van der Waals surface area contributed by atoms with Gasteiger partial charge < -0.3 is 5.32 Å². The number of hydrogen-bond acceptors (Lipinski definition) is 2. The van der Waals surface area contributed by atoms with Crippen LogP contribution in [0.4, 0.5) is 4.39 Å². The number of benzene rings is 1. The molecule has 1 aromatic carbocycles. The van der Waals surface area contributed by atoms with Crippen molar-refractivity contribution < 1.29 is 4.39 Å². The molecule has 3 heteroatoms. The Hall–Kier alpha value is -0.930. The van der Waals surface area contributed by atoms with Crippen molar-refractivity contribution in [2.75, 3.05) is 26.7 Å². The summed E-state index contributed by atoms with van der Waals surface area (Å²) in [6, 6.07) is 9.33. The number of hydrogen-bond donors (Lipinski definition) is 1. The monoisotopic (exact) mass is 194 g/mol. The summed E-state index contributed by atoms with van der Waals surface area (Å²) in [7, 11) is 1.83. The van der Waals surface area contributed by atoms with Crippen LogP contribution in [0.5, 0.6) is 0 Å². The van der Waals surface area contributed by atoms with E-state index in [4.69, 9.17) is 0 Å². The summed E-state index contributed by atoms with van der Waals surface area (Å²) in [4.78, 5) is 1.76. The Labute approximate surface area is 83.7 Å². The summed E-state index contributed by atoms with van der Waals surface area (Å²) < 4.78 is 14.6. The van der Waals surface area contributed by atoms with Gasteiger partial charge in [0.05, 0.1) is 0 Å². The molecule has 2 rings (SSSR count). The molecule has 1 fully saturated rings. The van der Waals surface area contributed by atoms with E-state index in [0.29, 0.717) is 6.54 Å². The molecule has 1 aliphatic rings. The molecule has 1 aliphatic heterocycles. The third-order valence-electron chi connectivity index (χ3n) is 2.80. The number of rotatable bonds is 1. The van der Waals surface area contributed by atoms with E-state index in [-0.39, 0.29) is 0 Å². The fourth-order valence-corrected chi connectivity index (χ4v) is 1.83. The number of piperazine rings is 1. The predicted octanol–water partition coefficient (Wildman–Crippen LogP) is 1.34. The van der Waals surface area contributed by atoms with E-state index in [2.05, 4.69) is 5.32 Å². The molecule has 1 saturated heterocycles. The van der Waals surface area contributed by atoms with Gasteiger partial charge >= 0.3 is 0 Å². The minimum absolute atomic E-state index is 0.369. The lowest BCUT2D eigenvalue weighted by molar-refractivity contribution is -0.0394. The Morgan fingerprint density at radius 1 is 1.36 bits per heavy atom. The van der Waals surface area contributed by atoms with Gasteiger partial charge in [-0.3, -0.25) is 4.90 Å². The molecule has 2 nitrogen and oxygen atoms in total. The minimum Gasteiger partial charge on any atom is -0.311 e. The topological polar surface area (TPSA) is 15.3 Å². The van der Waals surface area contributed by atoms with Crippen molar-refractivity contribution in [3.63, 3.8) is 0 Å². The Balaban J connectivity index is 2.30. The number of nitrogens with zero attached hydrogens (tertiary/aromatic N) is 1. The van der Waals surface area contributed by atoms with Crippen LogP contribution in [0.3, 0.4) is 0 Å². The molecular weight excluding hydrogens is 179 g/mol. The predicted molar refractivity (Wildman–Crippen MR) is 54.7 cm³/mol. The van der Waals surface area contributed by atoms with E-state index >= 15 is 0 Å². The zero-order valence-corrected chi connectivity index (χ0v) is 8.33. The van der Waals surface area contributed by atoms with Gasteiger partial charge in [-0.25, -0.2) is 4.39 Å². The second kappa shape index (κ2) is 3.67. The van der Waals surface area contributed by atoms with Gasteiger partial charge in [-0.05, 0) is 7.05 Å². The van der Waals surface area contributed by atoms with Crippen molar-refractivity contribution >= 4 is 0 Å². The van der Waals surface area contributed by atoms with E-state index in [9.17, 15) is 4.39 Å². The maximum Gasteiger partial charge on any atom is 0.202 e. The first-order chi connectivity index (χ1) is 6.73. The standard InChI is InChI=1S/C11H15FN2/c1-14-8-7-13-9-11(14,12)10-5-3-2-4-6-10/h2-6,13H,7-9H2,1H3. The summed E-state index contributed by atoms with van der Waals surface area (Å²) in [6.45, 7) is 1.97. The second-order valence-electron chi connectivity index (χ2n) is 3.72. The molecule has 0 radical (unpaired) electrons. The maximum absolute atomic E-state index is 14.6. The van der Waals surface area contributed by atoms with Gasteiger partial charge in [0, 0.05) is 25.2 Å². The summed E-state index contributed by atoms with van der Waals surface area (Å²) in [5.41, 5.74) is 0.731. The normalized spacial score (nSPS) is 29.0. The Morgan fingerprint density at radius 3 is 2.71 bits per heavy atom. The Kier molecular flexibility index (Phi) is 2.52. The zero-order valence-electron chi connectivity index (χ0n) is 8.33. The average Bonchev–Trinajstić information content (AvgIpc) is 2.24. The van der Waals surface area contributed by atoms with Crippen LogP contribution in [0, 0.1) is 0 Å². The lowest BCUT2D eigenvalue weighted by atomic mass is 10.0. The van der Waals surface area contributed by atoms with Crippen LogP contribution in [0.25, 0.3) is 0 Å². The van der Waals surface area contributed by atoms with Crippen molar-refractivity contribution in [2.24, 2.45) is 0 Å². The van der Waals surface area contributed by atoms with Crippen molar-refractivity contribution in [3.8, 4) is 0 Å². The number of alkyl halides is 1. The highest BCUT2D eigenvalue weighted by Gasteiger charge is 2.38. The van der Waals surface area contributed by atoms with Crippen LogP contribution in [0.1, 0.15) is 5.56 Å². The van der Waals surface area contributed by atoms with Gasteiger partial charge in [0.25, 0.3) is 0 Å². The van der Waals surface area contributed by atoms with Gasteiger partial charge in [-0.2, -0.15) is 0 Å². The highest BCUT2D eigenvalue weighted by molar-refractivity contribution is 5.22. The molecule has 1 unspecified atom stereocenters. The molecular formula is C11H15FN2. The van der Waals surface area contributed by atoms with Crippen LogP contribution >= 0.6 is 0 Å². The molecule has 1 atom stereocenters. The molecule has 1 aromatic rings. The highest BCUT2D eigenvalue weighted by Crippen LogP contribution is 2.29. The Morgan fingerprint density at radius 2 is 2.07 bits per heavy atom. The van der Waals surface area contributed by atoms with Crippen molar-refractivity contribution in [3.05, 3.63) is 35.9 Å². The summed E-state index contributed by atoms with van der Waals surface area (Å²) in [5.74, 6) is -1.35. The smallest absolute Gasteiger partial charge is 0.202 e. The van der Waals surface area contributed by atoms with E-state index in [1.165, 1.54) is 0 Å². The van der Waals surface area contributed by atoms with Crippen LogP contribution in [0.15, 0.2) is 30.3 Å². The number of halogens is 1. The lowest BCUT2D eigenvalue weighted by Gasteiger charge is -2.39. The van der Waals surface area contributed by atoms with Gasteiger partial charge in [-0.15, -0.1) is 0 Å². The molecule has 1 N–H and O–H groups in total. The van der Waals surface area contributed by atoms with Crippen molar-refractivity contribution in [1.29, 1.82) is 0 Å². The third kappa shape index (κ3) is 1.53. The minimum atomic E-state index is -1.35. The van der Waals surface area contributed by atoms with Gasteiger partial charge in [0.2, 0.25) is 5.79 Å². The summed E-state index contributed by atoms with van der Waals surface area (Å²) in [5, 5.41) is 3.09. The SMILES string of the molecule is CN1CCNCC1(F)c1ccccc1. The van der Waals surface area contributed by atoms with Gasteiger partial charge in [0.1, 0.15) is 0 Å². The van der Waals surface area contributed by atoms with E-state index in [1.54, 1.807) is 4.90 Å². The summed E-state index contributed by atoms with van der Waals surface area (Å²) >= 11 is 0. The molecule has 0 aliphatic carbocycles. The quantitative estimate of drug-likeness (QED) is 0.679. The van der Waals surface area contributed by atoms with Crippen LogP contribution < -0.4 is 5.32 Å². The number of likely N-dealkylation sites (N-methyl/N-ethyl adjacent to an activating group) is 1. The molecule has 0 bridgehead atoms. The molecule has 1 heterocycles. The fraction of sp³-hybridized carbons (Fsp3) is 0.455. The van der Waals surface area contributed by atoms with E-state index < -0.39 is 5.79 Å². The molecule has 0 saturated carbocycles. The van der Waals surface area contributed by atoms with Crippen LogP contribution in [-0.2, 0) is 5.79 Å². The largest absolute Gasteiger partial charge is 0.311 e. The van der Waals surface area contributed by atoms with Gasteiger partial charge in [0.15, 0.2) is 0 Å². The average molecular weight is 194 g/mol. The zero-order chi connectivity index (χ0) is 10.0. The maximum atomic E-state index is 14.6. The fourth-order valence-electron chi connectivity index (χ4n) is 1.83. The first kappa shape index (κ1) is 9.62. The van der Waals surface area contributed by atoms with E-state index in [0.717, 1.165) is 18.7 Å². The number of nitrogens with one attached hydrogen (secondary N) is 1. The summed E-state index contributed by atoms with van der Waals surface area (Å²) in [6.07, 6.45) is 0. The second-order valence-corrected chi connectivity index (χ2v) is 3.72. The molecule has 0 spiro atoms. The van der Waals surface area contributed by atoms with Crippen LogP contribution in [0.2, 0.25) is 0 Å². The Bertz CT molecular complexity index is 301.